The number of aromatic nitrogens is 1. The molecule has 0 aliphatic rings. The highest BCUT2D eigenvalue weighted by molar-refractivity contribution is 9.10. The summed E-state index contributed by atoms with van der Waals surface area (Å²) in [5, 5.41) is 0.930. The van der Waals surface area contributed by atoms with Crippen LogP contribution in [-0.4, -0.2) is 23.8 Å². The van der Waals surface area contributed by atoms with Crippen LogP contribution in [0.15, 0.2) is 21.8 Å². The summed E-state index contributed by atoms with van der Waals surface area (Å²) in [6.07, 6.45) is 2.19. The lowest BCUT2D eigenvalue weighted by atomic mass is 10.3. The fourth-order valence-corrected chi connectivity index (χ4v) is 2.02. The van der Waals surface area contributed by atoms with Gasteiger partial charge in [-0.2, -0.15) is 0 Å². The Labute approximate surface area is 102 Å². The molecule has 0 saturated heterocycles. The van der Waals surface area contributed by atoms with Crippen molar-refractivity contribution in [3.05, 3.63) is 22.3 Å². The summed E-state index contributed by atoms with van der Waals surface area (Å²) in [6.45, 7) is 2.01. The van der Waals surface area contributed by atoms with Crippen molar-refractivity contribution in [1.29, 1.82) is 0 Å². The van der Waals surface area contributed by atoms with Crippen LogP contribution in [0.4, 0.5) is 0 Å². The molecule has 0 amide bonds. The molecule has 5 heteroatoms. The van der Waals surface area contributed by atoms with Gasteiger partial charge in [-0.15, -0.1) is 11.8 Å². The van der Waals surface area contributed by atoms with E-state index in [4.69, 9.17) is 0 Å². The van der Waals surface area contributed by atoms with Gasteiger partial charge in [0.1, 0.15) is 0 Å². The van der Waals surface area contributed by atoms with Crippen LogP contribution in [0.3, 0.4) is 0 Å². The molecule has 3 nitrogen and oxygen atoms in total. The van der Waals surface area contributed by atoms with E-state index in [2.05, 4.69) is 25.7 Å². The Kier molecular flexibility index (Phi) is 5.11. The minimum absolute atomic E-state index is 0.184. The second kappa shape index (κ2) is 6.12. The average Bonchev–Trinajstić information content (AvgIpc) is 2.23. The van der Waals surface area contributed by atoms with Gasteiger partial charge in [-0.3, -0.25) is 4.79 Å². The molecule has 1 rings (SSSR count). The first-order valence-corrected chi connectivity index (χ1v) is 6.23. The minimum Gasteiger partial charge on any atom is -0.469 e. The van der Waals surface area contributed by atoms with Crippen molar-refractivity contribution in [3.63, 3.8) is 0 Å². The number of carbonyl (C=O) groups excluding carboxylic acids is 1. The molecular formula is C10H12BrNO2S. The van der Waals surface area contributed by atoms with Crippen molar-refractivity contribution < 1.29 is 9.53 Å². The molecule has 0 N–H and O–H groups in total. The average molecular weight is 290 g/mol. The molecule has 0 unspecified atom stereocenters. The van der Waals surface area contributed by atoms with Crippen LogP contribution in [0.25, 0.3) is 0 Å². The fraction of sp³-hybridized carbons (Fsp3) is 0.400. The summed E-state index contributed by atoms with van der Waals surface area (Å²) < 4.78 is 5.55. The van der Waals surface area contributed by atoms with Crippen molar-refractivity contribution in [2.75, 3.05) is 12.9 Å². The Bertz CT molecular complexity index is 357. The molecule has 1 heterocycles. The standard InChI is InChI=1S/C10H12BrNO2S/c1-7-5-9(12-6-8(7)11)15-4-3-10(13)14-2/h5-6H,3-4H2,1-2H3. The molecule has 0 bridgehead atoms. The molecule has 0 atom stereocenters. The molecule has 0 spiro atoms. The Morgan fingerprint density at radius 2 is 2.40 bits per heavy atom. The van der Waals surface area contributed by atoms with Crippen LogP contribution < -0.4 is 0 Å². The van der Waals surface area contributed by atoms with E-state index >= 15 is 0 Å². The Morgan fingerprint density at radius 3 is 3.00 bits per heavy atom. The third-order valence-electron chi connectivity index (χ3n) is 1.81. The van der Waals surface area contributed by atoms with Gasteiger partial charge in [0.2, 0.25) is 0 Å². The predicted octanol–water partition coefficient (Wildman–Crippen LogP) is 2.81. The van der Waals surface area contributed by atoms with E-state index in [1.165, 1.54) is 7.11 Å². The first kappa shape index (κ1) is 12.5. The summed E-state index contributed by atoms with van der Waals surface area (Å²) in [5.74, 6) is 0.511. The highest BCUT2D eigenvalue weighted by atomic mass is 79.9. The van der Waals surface area contributed by atoms with E-state index in [0.717, 1.165) is 15.1 Å². The van der Waals surface area contributed by atoms with Gasteiger partial charge in [0, 0.05) is 16.4 Å². The highest BCUT2D eigenvalue weighted by Crippen LogP contribution is 2.21. The molecule has 82 valence electrons. The van der Waals surface area contributed by atoms with Crippen molar-refractivity contribution in [3.8, 4) is 0 Å². The number of rotatable bonds is 4. The maximum absolute atomic E-state index is 10.9. The first-order chi connectivity index (χ1) is 7.13. The van der Waals surface area contributed by atoms with E-state index in [-0.39, 0.29) is 5.97 Å². The second-order valence-corrected chi connectivity index (χ2v) is 4.92. The Morgan fingerprint density at radius 1 is 1.67 bits per heavy atom. The van der Waals surface area contributed by atoms with Gasteiger partial charge < -0.3 is 4.74 Å². The van der Waals surface area contributed by atoms with Gasteiger partial charge in [-0.05, 0) is 34.5 Å². The molecule has 0 fully saturated rings. The smallest absolute Gasteiger partial charge is 0.306 e. The van der Waals surface area contributed by atoms with Crippen LogP contribution in [0.5, 0.6) is 0 Å². The maximum Gasteiger partial charge on any atom is 0.306 e. The van der Waals surface area contributed by atoms with Crippen molar-refractivity contribution in [2.45, 2.75) is 18.4 Å². The lowest BCUT2D eigenvalue weighted by molar-refractivity contribution is -0.140. The zero-order valence-electron chi connectivity index (χ0n) is 8.62. The van der Waals surface area contributed by atoms with Crippen molar-refractivity contribution in [2.24, 2.45) is 0 Å². The monoisotopic (exact) mass is 289 g/mol. The van der Waals surface area contributed by atoms with Crippen LogP contribution >= 0.6 is 27.7 Å². The maximum atomic E-state index is 10.9. The Balaban J connectivity index is 2.44. The number of hydrogen-bond acceptors (Lipinski definition) is 4. The number of pyridine rings is 1. The number of carbonyl (C=O) groups is 1. The van der Waals surface area contributed by atoms with Crippen molar-refractivity contribution in [1.82, 2.24) is 4.98 Å². The first-order valence-electron chi connectivity index (χ1n) is 4.45. The van der Waals surface area contributed by atoms with Gasteiger partial charge >= 0.3 is 5.97 Å². The normalized spacial score (nSPS) is 10.1. The summed E-state index contributed by atoms with van der Waals surface area (Å²) >= 11 is 4.94. The molecular weight excluding hydrogens is 278 g/mol. The highest BCUT2D eigenvalue weighted by Gasteiger charge is 2.03. The number of ether oxygens (including phenoxy) is 1. The summed E-state index contributed by atoms with van der Waals surface area (Å²) in [6, 6.07) is 1.99. The number of esters is 1. The Hall–Kier alpha value is -0.550. The molecule has 0 aromatic carbocycles. The molecule has 15 heavy (non-hydrogen) atoms. The lowest BCUT2D eigenvalue weighted by Gasteiger charge is -2.02. The fourth-order valence-electron chi connectivity index (χ4n) is 0.933. The number of halogens is 1. The topological polar surface area (TPSA) is 39.2 Å². The molecule has 1 aromatic rings. The number of thioether (sulfide) groups is 1. The predicted molar refractivity (Wildman–Crippen MR) is 64.0 cm³/mol. The number of hydrogen-bond donors (Lipinski definition) is 0. The van der Waals surface area contributed by atoms with Gasteiger partial charge in [-0.1, -0.05) is 0 Å². The summed E-state index contributed by atoms with van der Waals surface area (Å²) in [7, 11) is 1.40. The van der Waals surface area contributed by atoms with Gasteiger partial charge in [-0.25, -0.2) is 4.98 Å². The lowest BCUT2D eigenvalue weighted by Crippen LogP contribution is -2.01. The van der Waals surface area contributed by atoms with E-state index in [1.807, 2.05) is 13.0 Å². The third-order valence-corrected chi connectivity index (χ3v) is 3.56. The number of aryl methyl sites for hydroxylation is 1. The van der Waals surface area contributed by atoms with E-state index in [0.29, 0.717) is 12.2 Å². The van der Waals surface area contributed by atoms with Gasteiger partial charge in [0.15, 0.2) is 0 Å². The van der Waals surface area contributed by atoms with Crippen LogP contribution in [-0.2, 0) is 9.53 Å². The third kappa shape index (κ3) is 4.22. The molecule has 1 aromatic heterocycles. The van der Waals surface area contributed by atoms with E-state index < -0.39 is 0 Å². The quantitative estimate of drug-likeness (QED) is 0.631. The van der Waals surface area contributed by atoms with Crippen LogP contribution in [0.2, 0.25) is 0 Å². The zero-order chi connectivity index (χ0) is 11.3. The SMILES string of the molecule is COC(=O)CCSc1cc(C)c(Br)cn1. The molecule has 0 radical (unpaired) electrons. The molecule has 0 saturated carbocycles. The molecule has 0 aliphatic heterocycles. The summed E-state index contributed by atoms with van der Waals surface area (Å²) in [5.41, 5.74) is 1.14. The second-order valence-electron chi connectivity index (χ2n) is 2.95. The summed E-state index contributed by atoms with van der Waals surface area (Å²) in [4.78, 5) is 15.1. The van der Waals surface area contributed by atoms with Crippen molar-refractivity contribution >= 4 is 33.7 Å². The number of methoxy groups -OCH3 is 1. The van der Waals surface area contributed by atoms with E-state index in [1.54, 1.807) is 18.0 Å². The van der Waals surface area contributed by atoms with Crippen LogP contribution in [0, 0.1) is 6.92 Å². The zero-order valence-corrected chi connectivity index (χ0v) is 11.0. The number of nitrogens with zero attached hydrogens (tertiary/aromatic N) is 1. The largest absolute Gasteiger partial charge is 0.469 e. The van der Waals surface area contributed by atoms with Gasteiger partial charge in [0.05, 0.1) is 18.6 Å². The van der Waals surface area contributed by atoms with Gasteiger partial charge in [0.25, 0.3) is 0 Å². The molecule has 0 aliphatic carbocycles. The van der Waals surface area contributed by atoms with E-state index in [9.17, 15) is 4.79 Å². The van der Waals surface area contributed by atoms with Crippen LogP contribution in [0.1, 0.15) is 12.0 Å². The minimum atomic E-state index is -0.184.